The Balaban J connectivity index is 2.89. The van der Waals surface area contributed by atoms with Gasteiger partial charge in [0, 0.05) is 6.61 Å². The Kier molecular flexibility index (Phi) is 3.38. The number of aliphatic hydroxyl groups excluding tert-OH is 1. The fraction of sp³-hybridized carbons (Fsp3) is 0.833. The van der Waals surface area contributed by atoms with Crippen molar-refractivity contribution in [1.29, 1.82) is 0 Å². The van der Waals surface area contributed by atoms with Crippen LogP contribution in [0.5, 0.6) is 0 Å². The van der Waals surface area contributed by atoms with E-state index in [-0.39, 0.29) is 17.9 Å². The molecule has 1 aliphatic rings. The van der Waals surface area contributed by atoms with E-state index in [0.29, 0.717) is 6.42 Å². The van der Waals surface area contributed by atoms with E-state index in [4.69, 9.17) is 5.11 Å². The van der Waals surface area contributed by atoms with E-state index in [1.165, 1.54) is 0 Å². The Labute approximate surface area is 86.6 Å². The molecule has 1 fully saturated rings. The summed E-state index contributed by atoms with van der Waals surface area (Å²) in [6, 6.07) is 0. The molecule has 14 heavy (non-hydrogen) atoms. The standard InChI is InChI=1S/C12H22O2/c1-4-11(2)7-5-8-12(3,14)10(11)6-9-13/h4,10,13-14H,1,5-9H2,2-3H3/t10-,11-,12-/m0/s1. The molecule has 0 radical (unpaired) electrons. The molecular formula is C12H22O2. The Morgan fingerprint density at radius 3 is 2.57 bits per heavy atom. The second-order valence-corrected chi connectivity index (χ2v) is 4.99. The zero-order chi connectivity index (χ0) is 10.8. The van der Waals surface area contributed by atoms with Crippen LogP contribution in [0.15, 0.2) is 12.7 Å². The Morgan fingerprint density at radius 1 is 1.43 bits per heavy atom. The third-order valence-electron chi connectivity index (χ3n) is 3.83. The lowest BCUT2D eigenvalue weighted by molar-refractivity contribution is -0.0865. The number of hydrogen-bond donors (Lipinski definition) is 2. The summed E-state index contributed by atoms with van der Waals surface area (Å²) >= 11 is 0. The zero-order valence-corrected chi connectivity index (χ0v) is 9.29. The molecule has 1 rings (SSSR count). The summed E-state index contributed by atoms with van der Waals surface area (Å²) in [6.07, 6.45) is 5.55. The van der Waals surface area contributed by atoms with Gasteiger partial charge in [0.15, 0.2) is 0 Å². The molecule has 1 saturated carbocycles. The van der Waals surface area contributed by atoms with E-state index in [1.54, 1.807) is 0 Å². The highest BCUT2D eigenvalue weighted by Gasteiger charge is 2.45. The van der Waals surface area contributed by atoms with Crippen LogP contribution in [0.4, 0.5) is 0 Å². The van der Waals surface area contributed by atoms with Gasteiger partial charge in [-0.2, -0.15) is 0 Å². The molecule has 0 spiro atoms. The van der Waals surface area contributed by atoms with Gasteiger partial charge in [-0.15, -0.1) is 6.58 Å². The number of allylic oxidation sites excluding steroid dienone is 1. The van der Waals surface area contributed by atoms with Crippen molar-refractivity contribution >= 4 is 0 Å². The molecule has 0 saturated heterocycles. The van der Waals surface area contributed by atoms with Gasteiger partial charge < -0.3 is 10.2 Å². The molecule has 0 aromatic carbocycles. The highest BCUT2D eigenvalue weighted by atomic mass is 16.3. The van der Waals surface area contributed by atoms with Crippen molar-refractivity contribution in [3.05, 3.63) is 12.7 Å². The monoisotopic (exact) mass is 198 g/mol. The van der Waals surface area contributed by atoms with Crippen LogP contribution in [0.2, 0.25) is 0 Å². The average Bonchev–Trinajstić information content (AvgIpc) is 2.11. The van der Waals surface area contributed by atoms with Crippen molar-refractivity contribution in [1.82, 2.24) is 0 Å². The molecule has 0 aromatic rings. The Morgan fingerprint density at radius 2 is 2.07 bits per heavy atom. The minimum absolute atomic E-state index is 0.0233. The minimum Gasteiger partial charge on any atom is -0.396 e. The van der Waals surface area contributed by atoms with Crippen LogP contribution in [-0.2, 0) is 0 Å². The summed E-state index contributed by atoms with van der Waals surface area (Å²) in [6.45, 7) is 8.02. The second-order valence-electron chi connectivity index (χ2n) is 4.99. The van der Waals surface area contributed by atoms with E-state index >= 15 is 0 Å². The minimum atomic E-state index is -0.649. The molecule has 3 atom stereocenters. The summed E-state index contributed by atoms with van der Waals surface area (Å²) < 4.78 is 0. The first-order valence-corrected chi connectivity index (χ1v) is 5.43. The predicted octanol–water partition coefficient (Wildman–Crippen LogP) is 2.11. The zero-order valence-electron chi connectivity index (χ0n) is 9.29. The summed E-state index contributed by atoms with van der Waals surface area (Å²) in [4.78, 5) is 0. The molecule has 0 amide bonds. The fourth-order valence-corrected chi connectivity index (χ4v) is 2.90. The van der Waals surface area contributed by atoms with E-state index in [9.17, 15) is 5.11 Å². The molecule has 0 bridgehead atoms. The topological polar surface area (TPSA) is 40.5 Å². The molecule has 0 heterocycles. The van der Waals surface area contributed by atoms with E-state index in [0.717, 1.165) is 19.3 Å². The second kappa shape index (κ2) is 4.03. The first kappa shape index (κ1) is 11.7. The van der Waals surface area contributed by atoms with Gasteiger partial charge in [0.25, 0.3) is 0 Å². The first-order chi connectivity index (χ1) is 6.46. The van der Waals surface area contributed by atoms with Gasteiger partial charge in [-0.05, 0) is 43.9 Å². The summed E-state index contributed by atoms with van der Waals surface area (Å²) in [5, 5.41) is 19.3. The quantitative estimate of drug-likeness (QED) is 0.682. The van der Waals surface area contributed by atoms with Gasteiger partial charge in [0.2, 0.25) is 0 Å². The van der Waals surface area contributed by atoms with Gasteiger partial charge in [-0.3, -0.25) is 0 Å². The van der Waals surface area contributed by atoms with Crippen LogP contribution in [0.25, 0.3) is 0 Å². The molecule has 2 heteroatoms. The molecule has 0 aliphatic heterocycles. The van der Waals surface area contributed by atoms with Crippen molar-refractivity contribution < 1.29 is 10.2 Å². The van der Waals surface area contributed by atoms with Crippen LogP contribution in [0, 0.1) is 11.3 Å². The van der Waals surface area contributed by atoms with Crippen LogP contribution < -0.4 is 0 Å². The molecular weight excluding hydrogens is 176 g/mol. The molecule has 0 unspecified atom stereocenters. The molecule has 2 N–H and O–H groups in total. The van der Waals surface area contributed by atoms with Gasteiger partial charge in [0.05, 0.1) is 5.60 Å². The third kappa shape index (κ3) is 2.01. The van der Waals surface area contributed by atoms with Crippen LogP contribution in [0.1, 0.15) is 39.5 Å². The summed E-state index contributed by atoms with van der Waals surface area (Å²) in [7, 11) is 0. The number of aliphatic hydroxyl groups is 2. The van der Waals surface area contributed by atoms with Crippen LogP contribution in [-0.4, -0.2) is 22.4 Å². The van der Waals surface area contributed by atoms with E-state index in [2.05, 4.69) is 13.5 Å². The fourth-order valence-electron chi connectivity index (χ4n) is 2.90. The largest absolute Gasteiger partial charge is 0.396 e. The number of rotatable bonds is 3. The van der Waals surface area contributed by atoms with E-state index < -0.39 is 5.60 Å². The van der Waals surface area contributed by atoms with Gasteiger partial charge in [-0.25, -0.2) is 0 Å². The van der Waals surface area contributed by atoms with Gasteiger partial charge in [0.1, 0.15) is 0 Å². The maximum atomic E-state index is 10.3. The normalized spacial score (nSPS) is 43.6. The van der Waals surface area contributed by atoms with Crippen molar-refractivity contribution in [3.63, 3.8) is 0 Å². The lowest BCUT2D eigenvalue weighted by atomic mass is 9.60. The maximum absolute atomic E-state index is 10.3. The number of hydrogen-bond acceptors (Lipinski definition) is 2. The van der Waals surface area contributed by atoms with Crippen LogP contribution in [0.3, 0.4) is 0 Å². The molecule has 1 aliphatic carbocycles. The third-order valence-corrected chi connectivity index (χ3v) is 3.83. The summed E-state index contributed by atoms with van der Waals surface area (Å²) in [5.41, 5.74) is -0.672. The molecule has 0 aromatic heterocycles. The van der Waals surface area contributed by atoms with E-state index in [1.807, 2.05) is 13.0 Å². The van der Waals surface area contributed by atoms with Crippen molar-refractivity contribution in [3.8, 4) is 0 Å². The summed E-state index contributed by atoms with van der Waals surface area (Å²) in [5.74, 6) is 0.131. The Bertz CT molecular complexity index is 210. The highest BCUT2D eigenvalue weighted by molar-refractivity contribution is 5.05. The van der Waals surface area contributed by atoms with Gasteiger partial charge in [-0.1, -0.05) is 13.0 Å². The van der Waals surface area contributed by atoms with Crippen LogP contribution >= 0.6 is 0 Å². The van der Waals surface area contributed by atoms with Crippen molar-refractivity contribution in [2.45, 2.75) is 45.1 Å². The molecule has 2 nitrogen and oxygen atoms in total. The van der Waals surface area contributed by atoms with Gasteiger partial charge >= 0.3 is 0 Å². The Hall–Kier alpha value is -0.340. The average molecular weight is 198 g/mol. The maximum Gasteiger partial charge on any atom is 0.0656 e. The first-order valence-electron chi connectivity index (χ1n) is 5.43. The molecule has 82 valence electrons. The van der Waals surface area contributed by atoms with Crippen molar-refractivity contribution in [2.24, 2.45) is 11.3 Å². The lowest BCUT2D eigenvalue weighted by Crippen LogP contribution is -2.47. The predicted molar refractivity (Wildman–Crippen MR) is 58.0 cm³/mol. The highest BCUT2D eigenvalue weighted by Crippen LogP contribution is 2.48. The SMILES string of the molecule is C=C[C@@]1(C)CCC[C@](C)(O)[C@H]1CCO. The van der Waals surface area contributed by atoms with Crippen molar-refractivity contribution in [2.75, 3.05) is 6.61 Å². The lowest BCUT2D eigenvalue weighted by Gasteiger charge is -2.48. The smallest absolute Gasteiger partial charge is 0.0656 e.